The van der Waals surface area contributed by atoms with Crippen molar-refractivity contribution >= 4 is 13.0 Å². The molecule has 0 aromatic heterocycles. The lowest BCUT2D eigenvalue weighted by atomic mass is 9.55. The summed E-state index contributed by atoms with van der Waals surface area (Å²) in [5, 5.41) is 22.9. The Labute approximate surface area is 176 Å². The Bertz CT molecular complexity index is 555. The van der Waals surface area contributed by atoms with Crippen molar-refractivity contribution in [2.24, 2.45) is 41.2 Å². The minimum Gasteiger partial charge on any atom is -0.427 e. The number of amides is 1. The molecule has 2 saturated carbocycles. The van der Waals surface area contributed by atoms with Crippen molar-refractivity contribution in [3.63, 3.8) is 0 Å². The molecule has 29 heavy (non-hydrogen) atoms. The van der Waals surface area contributed by atoms with Crippen LogP contribution in [-0.2, 0) is 4.79 Å². The molecule has 5 N–H and O–H groups in total. The van der Waals surface area contributed by atoms with Crippen LogP contribution >= 0.6 is 0 Å². The van der Waals surface area contributed by atoms with Crippen LogP contribution in [0.1, 0.15) is 57.8 Å². The van der Waals surface area contributed by atoms with Crippen molar-refractivity contribution < 1.29 is 14.8 Å². The van der Waals surface area contributed by atoms with Gasteiger partial charge >= 0.3 is 7.12 Å². The van der Waals surface area contributed by atoms with E-state index in [0.717, 1.165) is 70.1 Å². The highest BCUT2D eigenvalue weighted by atomic mass is 16.4. The summed E-state index contributed by atoms with van der Waals surface area (Å²) in [5.74, 6) is 3.28. The van der Waals surface area contributed by atoms with Crippen molar-refractivity contribution in [1.82, 2.24) is 10.2 Å². The lowest BCUT2D eigenvalue weighted by Crippen LogP contribution is -2.51. The standard InChI is InChI=1S/C22H40BN3O3/c24-12-15-2-1-3-17(10-15)16-6-8-26(9-7-16)22(27)18-4-5-19-13-25-14-21(23(28)29)20(19)11-18/h15-21,25,28-29H,1-14,24H2. The lowest BCUT2D eigenvalue weighted by molar-refractivity contribution is -0.139. The van der Waals surface area contributed by atoms with E-state index < -0.39 is 7.12 Å². The van der Waals surface area contributed by atoms with E-state index in [-0.39, 0.29) is 17.7 Å². The van der Waals surface area contributed by atoms with Gasteiger partial charge in [0.05, 0.1) is 0 Å². The number of carbonyl (C=O) groups excluding carboxylic acids is 1. The van der Waals surface area contributed by atoms with E-state index in [9.17, 15) is 14.8 Å². The number of likely N-dealkylation sites (tertiary alicyclic amines) is 1. The Hall–Kier alpha value is -0.625. The van der Waals surface area contributed by atoms with Gasteiger partial charge in [-0.15, -0.1) is 0 Å². The number of nitrogens with one attached hydrogen (secondary N) is 1. The van der Waals surface area contributed by atoms with Crippen LogP contribution in [0.15, 0.2) is 0 Å². The fourth-order valence-corrected chi connectivity index (χ4v) is 7.01. The molecule has 2 saturated heterocycles. The summed E-state index contributed by atoms with van der Waals surface area (Å²) >= 11 is 0. The Morgan fingerprint density at radius 1 is 0.966 bits per heavy atom. The summed E-state index contributed by atoms with van der Waals surface area (Å²) in [6.07, 6.45) is 10.4. The first kappa shape index (κ1) is 21.6. The molecular formula is C22H40BN3O3. The predicted octanol–water partition coefficient (Wildman–Crippen LogP) is 1.47. The highest BCUT2D eigenvalue weighted by Crippen LogP contribution is 2.44. The molecule has 4 rings (SSSR count). The molecule has 6 nitrogen and oxygen atoms in total. The number of fused-ring (bicyclic) bond motifs is 1. The summed E-state index contributed by atoms with van der Waals surface area (Å²) in [7, 11) is -1.28. The summed E-state index contributed by atoms with van der Waals surface area (Å²) in [6, 6.07) is 0. The highest BCUT2D eigenvalue weighted by Gasteiger charge is 2.45. The zero-order chi connectivity index (χ0) is 20.4. The molecule has 0 bridgehead atoms. The van der Waals surface area contributed by atoms with Gasteiger partial charge in [-0.25, -0.2) is 0 Å². The van der Waals surface area contributed by atoms with Crippen molar-refractivity contribution in [2.75, 3.05) is 32.7 Å². The summed E-state index contributed by atoms with van der Waals surface area (Å²) < 4.78 is 0. The number of rotatable bonds is 4. The second kappa shape index (κ2) is 9.67. The molecule has 4 aliphatic rings. The number of piperidine rings is 2. The number of carbonyl (C=O) groups is 1. The molecule has 0 aromatic rings. The minimum atomic E-state index is -1.28. The van der Waals surface area contributed by atoms with Crippen LogP contribution in [0, 0.1) is 35.5 Å². The fourth-order valence-electron chi connectivity index (χ4n) is 7.01. The molecule has 4 fully saturated rings. The summed E-state index contributed by atoms with van der Waals surface area (Å²) in [5.41, 5.74) is 5.93. The second-order valence-electron chi connectivity index (χ2n) is 10.4. The van der Waals surface area contributed by atoms with E-state index in [1.165, 1.54) is 25.7 Å². The maximum Gasteiger partial charge on any atom is 0.456 e. The zero-order valence-electron chi connectivity index (χ0n) is 17.8. The first-order valence-electron chi connectivity index (χ1n) is 12.1. The van der Waals surface area contributed by atoms with Gasteiger partial charge in [-0.3, -0.25) is 4.79 Å². The van der Waals surface area contributed by atoms with Gasteiger partial charge in [0.25, 0.3) is 0 Å². The Kier molecular flexibility index (Phi) is 7.20. The molecule has 0 aromatic carbocycles. The van der Waals surface area contributed by atoms with Crippen LogP contribution in [0.25, 0.3) is 0 Å². The van der Waals surface area contributed by atoms with E-state index in [1.807, 2.05) is 0 Å². The summed E-state index contributed by atoms with van der Waals surface area (Å²) in [4.78, 5) is 15.4. The topological polar surface area (TPSA) is 98.8 Å². The maximum atomic E-state index is 13.3. The molecule has 6 unspecified atom stereocenters. The number of hydrogen-bond donors (Lipinski definition) is 4. The molecular weight excluding hydrogens is 365 g/mol. The molecule has 0 spiro atoms. The first-order valence-corrected chi connectivity index (χ1v) is 12.1. The highest BCUT2D eigenvalue weighted by molar-refractivity contribution is 6.43. The number of hydrogen-bond acceptors (Lipinski definition) is 5. The molecule has 7 heteroatoms. The largest absolute Gasteiger partial charge is 0.456 e. The van der Waals surface area contributed by atoms with Gasteiger partial charge in [0.15, 0.2) is 0 Å². The van der Waals surface area contributed by atoms with Crippen LogP contribution in [0.4, 0.5) is 0 Å². The van der Waals surface area contributed by atoms with E-state index in [4.69, 9.17) is 5.73 Å². The average molecular weight is 405 g/mol. The van der Waals surface area contributed by atoms with Crippen LogP contribution in [-0.4, -0.2) is 60.7 Å². The van der Waals surface area contributed by atoms with Crippen LogP contribution in [0.2, 0.25) is 5.82 Å². The van der Waals surface area contributed by atoms with E-state index in [1.54, 1.807) is 0 Å². The monoisotopic (exact) mass is 405 g/mol. The molecule has 2 aliphatic heterocycles. The minimum absolute atomic E-state index is 0.0726. The van der Waals surface area contributed by atoms with Gasteiger partial charge in [0, 0.05) is 24.8 Å². The number of nitrogens with two attached hydrogens (primary N) is 1. The van der Waals surface area contributed by atoms with Gasteiger partial charge in [-0.2, -0.15) is 0 Å². The van der Waals surface area contributed by atoms with Crippen LogP contribution < -0.4 is 11.1 Å². The van der Waals surface area contributed by atoms with Gasteiger partial charge in [0.2, 0.25) is 5.91 Å². The van der Waals surface area contributed by atoms with Gasteiger partial charge < -0.3 is 26.0 Å². The van der Waals surface area contributed by atoms with Crippen LogP contribution in [0.5, 0.6) is 0 Å². The third-order valence-electron chi connectivity index (χ3n) is 8.79. The zero-order valence-corrected chi connectivity index (χ0v) is 17.8. The third-order valence-corrected chi connectivity index (χ3v) is 8.79. The Balaban J connectivity index is 1.29. The quantitative estimate of drug-likeness (QED) is 0.531. The molecule has 6 atom stereocenters. The lowest BCUT2D eigenvalue weighted by Gasteiger charge is -2.45. The molecule has 2 aliphatic carbocycles. The second-order valence-corrected chi connectivity index (χ2v) is 10.4. The SMILES string of the molecule is NCC1CCCC(C2CCN(C(=O)C3CCC4CNCC(B(O)O)C4C3)CC2)C1. The van der Waals surface area contributed by atoms with Crippen LogP contribution in [0.3, 0.4) is 0 Å². The van der Waals surface area contributed by atoms with Gasteiger partial charge in [-0.05, 0) is 94.2 Å². The molecule has 164 valence electrons. The smallest absolute Gasteiger partial charge is 0.427 e. The summed E-state index contributed by atoms with van der Waals surface area (Å²) in [6.45, 7) is 4.25. The van der Waals surface area contributed by atoms with Crippen molar-refractivity contribution in [3.8, 4) is 0 Å². The van der Waals surface area contributed by atoms with Crippen molar-refractivity contribution in [1.29, 1.82) is 0 Å². The fraction of sp³-hybridized carbons (Fsp3) is 0.955. The van der Waals surface area contributed by atoms with Gasteiger partial charge in [-0.1, -0.05) is 12.8 Å². The Morgan fingerprint density at radius 3 is 2.48 bits per heavy atom. The average Bonchev–Trinajstić information content (AvgIpc) is 2.77. The van der Waals surface area contributed by atoms with Crippen molar-refractivity contribution in [3.05, 3.63) is 0 Å². The number of nitrogens with zero attached hydrogens (tertiary/aromatic N) is 1. The van der Waals surface area contributed by atoms with E-state index in [2.05, 4.69) is 10.2 Å². The van der Waals surface area contributed by atoms with E-state index >= 15 is 0 Å². The molecule has 2 heterocycles. The molecule has 0 radical (unpaired) electrons. The Morgan fingerprint density at radius 2 is 1.76 bits per heavy atom. The van der Waals surface area contributed by atoms with E-state index in [0.29, 0.717) is 24.3 Å². The third kappa shape index (κ3) is 4.84. The van der Waals surface area contributed by atoms with Gasteiger partial charge in [0.1, 0.15) is 0 Å². The predicted molar refractivity (Wildman–Crippen MR) is 115 cm³/mol. The normalized spacial score (nSPS) is 39.1. The van der Waals surface area contributed by atoms with Crippen molar-refractivity contribution in [2.45, 2.75) is 63.6 Å². The maximum absolute atomic E-state index is 13.3. The molecule has 1 amide bonds. The first-order chi connectivity index (χ1) is 14.1.